The minimum Gasteiger partial charge on any atom is -0.494 e. The van der Waals surface area contributed by atoms with E-state index in [1.165, 1.54) is 0 Å². The van der Waals surface area contributed by atoms with Gasteiger partial charge in [-0.3, -0.25) is 4.98 Å². The molecule has 0 bridgehead atoms. The van der Waals surface area contributed by atoms with E-state index in [0.717, 1.165) is 22.7 Å². The van der Waals surface area contributed by atoms with E-state index in [1.54, 1.807) is 6.20 Å². The highest BCUT2D eigenvalue weighted by atomic mass is 16.5. The van der Waals surface area contributed by atoms with Crippen LogP contribution in [0.5, 0.6) is 5.75 Å². The maximum Gasteiger partial charge on any atom is 0.124 e. The summed E-state index contributed by atoms with van der Waals surface area (Å²) >= 11 is 0. The average Bonchev–Trinajstić information content (AvgIpc) is 2.47. The summed E-state index contributed by atoms with van der Waals surface area (Å²) in [4.78, 5) is 4.25. The maximum absolute atomic E-state index is 9.33. The van der Waals surface area contributed by atoms with Crippen LogP contribution >= 0.6 is 0 Å². The Kier molecular flexibility index (Phi) is 4.75. The lowest BCUT2D eigenvalue weighted by Gasteiger charge is -2.11. The zero-order valence-electron chi connectivity index (χ0n) is 11.0. The van der Waals surface area contributed by atoms with E-state index in [-0.39, 0.29) is 6.61 Å². The lowest BCUT2D eigenvalue weighted by Crippen LogP contribution is -2.03. The number of ether oxygens (including phenoxy) is 1. The van der Waals surface area contributed by atoms with Crippen molar-refractivity contribution in [3.8, 4) is 5.75 Å². The fourth-order valence-corrected chi connectivity index (χ4v) is 1.80. The summed E-state index contributed by atoms with van der Waals surface area (Å²) in [6.45, 7) is 3.14. The molecule has 1 aromatic heterocycles. The number of pyridine rings is 1. The van der Waals surface area contributed by atoms with Crippen molar-refractivity contribution < 1.29 is 9.84 Å². The third kappa shape index (κ3) is 3.69. The van der Waals surface area contributed by atoms with E-state index >= 15 is 0 Å². The molecule has 0 atom stereocenters. The van der Waals surface area contributed by atoms with Crippen LogP contribution < -0.4 is 10.1 Å². The van der Waals surface area contributed by atoms with Crippen LogP contribution in [-0.4, -0.2) is 16.7 Å². The monoisotopic (exact) mass is 258 g/mol. The molecule has 19 heavy (non-hydrogen) atoms. The first kappa shape index (κ1) is 13.4. The number of hydrogen-bond donors (Lipinski definition) is 2. The third-order valence-corrected chi connectivity index (χ3v) is 2.73. The Balaban J connectivity index is 2.05. The van der Waals surface area contributed by atoms with Crippen molar-refractivity contribution in [3.05, 3.63) is 53.9 Å². The Labute approximate surface area is 113 Å². The van der Waals surface area contributed by atoms with Gasteiger partial charge in [0, 0.05) is 17.4 Å². The molecule has 4 heteroatoms. The molecule has 0 spiro atoms. The molecule has 1 aromatic carbocycles. The van der Waals surface area contributed by atoms with E-state index in [2.05, 4.69) is 10.3 Å². The van der Waals surface area contributed by atoms with Crippen LogP contribution in [0.2, 0.25) is 0 Å². The number of nitrogens with one attached hydrogen (secondary N) is 1. The van der Waals surface area contributed by atoms with Crippen LogP contribution in [0.4, 0.5) is 5.69 Å². The van der Waals surface area contributed by atoms with Crippen molar-refractivity contribution in [1.82, 2.24) is 4.98 Å². The first-order chi connectivity index (χ1) is 9.33. The predicted molar refractivity (Wildman–Crippen MR) is 75.1 cm³/mol. The number of aromatic nitrogens is 1. The second-order valence-electron chi connectivity index (χ2n) is 4.09. The zero-order chi connectivity index (χ0) is 13.5. The first-order valence-corrected chi connectivity index (χ1v) is 6.34. The Morgan fingerprint density at radius 2 is 2.16 bits per heavy atom. The molecule has 2 aromatic rings. The van der Waals surface area contributed by atoms with Gasteiger partial charge in [0.1, 0.15) is 5.75 Å². The lowest BCUT2D eigenvalue weighted by atomic mass is 10.2. The molecule has 0 radical (unpaired) electrons. The molecule has 0 aliphatic rings. The van der Waals surface area contributed by atoms with Gasteiger partial charge in [-0.2, -0.15) is 0 Å². The minimum atomic E-state index is -0.0333. The molecule has 0 saturated heterocycles. The van der Waals surface area contributed by atoms with Crippen LogP contribution in [0.25, 0.3) is 0 Å². The largest absolute Gasteiger partial charge is 0.494 e. The van der Waals surface area contributed by atoms with Crippen molar-refractivity contribution in [2.75, 3.05) is 11.9 Å². The molecule has 0 saturated carbocycles. The van der Waals surface area contributed by atoms with E-state index < -0.39 is 0 Å². The Bertz CT molecular complexity index is 515. The van der Waals surface area contributed by atoms with Gasteiger partial charge >= 0.3 is 0 Å². The van der Waals surface area contributed by atoms with Gasteiger partial charge < -0.3 is 15.2 Å². The molecule has 0 unspecified atom stereocenters. The second kappa shape index (κ2) is 6.75. The summed E-state index contributed by atoms with van der Waals surface area (Å²) in [5.74, 6) is 0.730. The summed E-state index contributed by atoms with van der Waals surface area (Å²) in [6, 6.07) is 11.5. The van der Waals surface area contributed by atoms with Crippen LogP contribution in [0.1, 0.15) is 18.2 Å². The van der Waals surface area contributed by atoms with Crippen LogP contribution in [-0.2, 0) is 13.2 Å². The molecule has 0 amide bonds. The van der Waals surface area contributed by atoms with Gasteiger partial charge in [0.05, 0.1) is 25.5 Å². The molecule has 1 heterocycles. The highest BCUT2D eigenvalue weighted by Crippen LogP contribution is 2.23. The van der Waals surface area contributed by atoms with Gasteiger partial charge in [-0.1, -0.05) is 6.07 Å². The number of rotatable bonds is 6. The van der Waals surface area contributed by atoms with Gasteiger partial charge in [-0.05, 0) is 37.3 Å². The fourth-order valence-electron chi connectivity index (χ4n) is 1.80. The minimum absolute atomic E-state index is 0.0333. The Morgan fingerprint density at radius 1 is 1.26 bits per heavy atom. The zero-order valence-corrected chi connectivity index (χ0v) is 11.0. The molecule has 0 fully saturated rings. The molecule has 0 aliphatic heterocycles. The van der Waals surface area contributed by atoms with Gasteiger partial charge in [0.25, 0.3) is 0 Å². The number of benzene rings is 1. The highest BCUT2D eigenvalue weighted by molar-refractivity contribution is 5.51. The molecular weight excluding hydrogens is 240 g/mol. The second-order valence-corrected chi connectivity index (χ2v) is 4.09. The SMILES string of the molecule is CCOc1ccc(NCc2ccccn2)cc1CO. The quantitative estimate of drug-likeness (QED) is 0.836. The van der Waals surface area contributed by atoms with Crippen molar-refractivity contribution in [2.24, 2.45) is 0 Å². The number of aliphatic hydroxyl groups is 1. The smallest absolute Gasteiger partial charge is 0.124 e. The summed E-state index contributed by atoms with van der Waals surface area (Å²) in [7, 11) is 0. The lowest BCUT2D eigenvalue weighted by molar-refractivity contribution is 0.267. The first-order valence-electron chi connectivity index (χ1n) is 6.34. The van der Waals surface area contributed by atoms with Gasteiger partial charge in [0.15, 0.2) is 0 Å². The molecule has 100 valence electrons. The van der Waals surface area contributed by atoms with Crippen LogP contribution in [0, 0.1) is 0 Å². The standard InChI is InChI=1S/C15H18N2O2/c1-2-19-15-7-6-13(9-12(15)11-18)17-10-14-5-3-4-8-16-14/h3-9,17-18H,2,10-11H2,1H3. The summed E-state index contributed by atoms with van der Waals surface area (Å²) < 4.78 is 5.45. The number of aliphatic hydroxyl groups excluding tert-OH is 1. The Hall–Kier alpha value is -2.07. The predicted octanol–water partition coefficient (Wildman–Crippen LogP) is 2.58. The fraction of sp³-hybridized carbons (Fsp3) is 0.267. The molecule has 0 aliphatic carbocycles. The molecular formula is C15H18N2O2. The van der Waals surface area contributed by atoms with E-state index in [1.807, 2.05) is 43.3 Å². The number of anilines is 1. The van der Waals surface area contributed by atoms with Gasteiger partial charge in [0.2, 0.25) is 0 Å². The topological polar surface area (TPSA) is 54.4 Å². The highest BCUT2D eigenvalue weighted by Gasteiger charge is 2.04. The van der Waals surface area contributed by atoms with Gasteiger partial charge in [-0.15, -0.1) is 0 Å². The molecule has 2 rings (SSSR count). The van der Waals surface area contributed by atoms with E-state index in [9.17, 15) is 5.11 Å². The maximum atomic E-state index is 9.33. The van der Waals surface area contributed by atoms with Crippen molar-refractivity contribution in [2.45, 2.75) is 20.1 Å². The Morgan fingerprint density at radius 3 is 2.84 bits per heavy atom. The van der Waals surface area contributed by atoms with E-state index in [0.29, 0.717) is 13.2 Å². The molecule has 2 N–H and O–H groups in total. The van der Waals surface area contributed by atoms with Crippen LogP contribution in [0.3, 0.4) is 0 Å². The van der Waals surface area contributed by atoms with Crippen molar-refractivity contribution >= 4 is 5.69 Å². The molecule has 4 nitrogen and oxygen atoms in total. The summed E-state index contributed by atoms with van der Waals surface area (Å²) in [6.07, 6.45) is 1.77. The average molecular weight is 258 g/mol. The third-order valence-electron chi connectivity index (χ3n) is 2.73. The number of hydrogen-bond acceptors (Lipinski definition) is 4. The summed E-state index contributed by atoms with van der Waals surface area (Å²) in [5, 5.41) is 12.6. The number of nitrogens with zero attached hydrogens (tertiary/aromatic N) is 1. The normalized spacial score (nSPS) is 10.2. The van der Waals surface area contributed by atoms with Crippen molar-refractivity contribution in [3.63, 3.8) is 0 Å². The van der Waals surface area contributed by atoms with Crippen LogP contribution in [0.15, 0.2) is 42.6 Å². The summed E-state index contributed by atoms with van der Waals surface area (Å²) in [5.41, 5.74) is 2.70. The van der Waals surface area contributed by atoms with Gasteiger partial charge in [-0.25, -0.2) is 0 Å². The van der Waals surface area contributed by atoms with Crippen molar-refractivity contribution in [1.29, 1.82) is 0 Å². The van der Waals surface area contributed by atoms with E-state index in [4.69, 9.17) is 4.74 Å².